The van der Waals surface area contributed by atoms with Crippen LogP contribution in [0.3, 0.4) is 0 Å². The van der Waals surface area contributed by atoms with E-state index in [0.717, 1.165) is 11.2 Å². The fourth-order valence-corrected chi connectivity index (χ4v) is 3.54. The molecule has 0 aliphatic carbocycles. The lowest BCUT2D eigenvalue weighted by Crippen LogP contribution is -2.17. The van der Waals surface area contributed by atoms with Gasteiger partial charge >= 0.3 is 0 Å². The number of hydrogen-bond donors (Lipinski definition) is 2. The van der Waals surface area contributed by atoms with Crippen LogP contribution in [-0.2, 0) is 20.2 Å². The summed E-state index contributed by atoms with van der Waals surface area (Å²) in [5.74, 6) is 0.0415. The van der Waals surface area contributed by atoms with Gasteiger partial charge in [-0.3, -0.25) is 9.52 Å². The standard InChI is InChI=1S/C19H24N2O3S2/c1-19(2,3)14-9-11-15(12-10-14)25-13-18(22)20-16-7-5-6-8-17(16)21-26(4,23)24/h5-12,21H,13H2,1-4H3,(H,20,22). The van der Waals surface area contributed by atoms with Gasteiger partial charge in [0.1, 0.15) is 0 Å². The maximum atomic E-state index is 12.2. The van der Waals surface area contributed by atoms with Crippen molar-refractivity contribution < 1.29 is 13.2 Å². The van der Waals surface area contributed by atoms with Gasteiger partial charge in [-0.1, -0.05) is 45.0 Å². The summed E-state index contributed by atoms with van der Waals surface area (Å²) in [6.45, 7) is 6.47. The molecular weight excluding hydrogens is 368 g/mol. The number of nitrogens with one attached hydrogen (secondary N) is 2. The summed E-state index contributed by atoms with van der Waals surface area (Å²) in [6.07, 6.45) is 1.07. The van der Waals surface area contributed by atoms with Crippen LogP contribution in [0, 0.1) is 0 Å². The van der Waals surface area contributed by atoms with E-state index in [-0.39, 0.29) is 17.1 Å². The highest BCUT2D eigenvalue weighted by Gasteiger charge is 2.13. The number of rotatable bonds is 6. The number of anilines is 2. The van der Waals surface area contributed by atoms with Crippen LogP contribution in [0.2, 0.25) is 0 Å². The molecule has 2 aromatic carbocycles. The summed E-state index contributed by atoms with van der Waals surface area (Å²) < 4.78 is 25.2. The third kappa shape index (κ3) is 6.38. The van der Waals surface area contributed by atoms with Crippen molar-refractivity contribution in [3.8, 4) is 0 Å². The number of para-hydroxylation sites is 2. The SMILES string of the molecule is CC(C)(C)c1ccc(SCC(=O)Nc2ccccc2NS(C)(=O)=O)cc1. The molecule has 0 aliphatic heterocycles. The molecule has 5 nitrogen and oxygen atoms in total. The van der Waals surface area contributed by atoms with Crippen LogP contribution < -0.4 is 10.0 Å². The second kappa shape index (κ2) is 8.14. The van der Waals surface area contributed by atoms with Crippen molar-refractivity contribution in [1.82, 2.24) is 0 Å². The van der Waals surface area contributed by atoms with E-state index >= 15 is 0 Å². The zero-order valence-corrected chi connectivity index (χ0v) is 17.0. The van der Waals surface area contributed by atoms with E-state index in [1.807, 2.05) is 12.1 Å². The molecule has 0 saturated carbocycles. The summed E-state index contributed by atoms with van der Waals surface area (Å²) in [5, 5.41) is 2.75. The Labute approximate surface area is 159 Å². The molecular formula is C19H24N2O3S2. The van der Waals surface area contributed by atoms with Crippen LogP contribution in [0.25, 0.3) is 0 Å². The topological polar surface area (TPSA) is 75.3 Å². The first-order valence-corrected chi connectivity index (χ1v) is 11.0. The Balaban J connectivity index is 1.97. The first kappa shape index (κ1) is 20.3. The van der Waals surface area contributed by atoms with Gasteiger partial charge in [0.15, 0.2) is 0 Å². The number of amides is 1. The summed E-state index contributed by atoms with van der Waals surface area (Å²) in [7, 11) is -3.41. The van der Waals surface area contributed by atoms with Crippen LogP contribution in [0.1, 0.15) is 26.3 Å². The molecule has 0 aromatic heterocycles. The van der Waals surface area contributed by atoms with E-state index in [1.54, 1.807) is 24.3 Å². The monoisotopic (exact) mass is 392 g/mol. The van der Waals surface area contributed by atoms with Crippen molar-refractivity contribution in [1.29, 1.82) is 0 Å². The Hall–Kier alpha value is -1.99. The second-order valence-electron chi connectivity index (χ2n) is 7.03. The molecule has 1 amide bonds. The molecule has 2 aromatic rings. The lowest BCUT2D eigenvalue weighted by molar-refractivity contribution is -0.113. The fourth-order valence-electron chi connectivity index (χ4n) is 2.27. The maximum absolute atomic E-state index is 12.2. The average Bonchev–Trinajstić information content (AvgIpc) is 2.53. The Bertz CT molecular complexity index is 870. The molecule has 0 saturated heterocycles. The van der Waals surface area contributed by atoms with E-state index in [9.17, 15) is 13.2 Å². The number of thioether (sulfide) groups is 1. The molecule has 2 rings (SSSR count). The summed E-state index contributed by atoms with van der Waals surface area (Å²) >= 11 is 1.44. The smallest absolute Gasteiger partial charge is 0.234 e. The van der Waals surface area contributed by atoms with Gasteiger partial charge in [-0.05, 0) is 35.2 Å². The van der Waals surface area contributed by atoms with Crippen LogP contribution in [-0.4, -0.2) is 26.3 Å². The Kier molecular flexibility index (Phi) is 6.36. The minimum Gasteiger partial charge on any atom is -0.324 e. The number of carbonyl (C=O) groups is 1. The van der Waals surface area contributed by atoms with E-state index in [2.05, 4.69) is 42.9 Å². The van der Waals surface area contributed by atoms with E-state index < -0.39 is 10.0 Å². The molecule has 7 heteroatoms. The molecule has 0 fully saturated rings. The molecule has 0 spiro atoms. The van der Waals surface area contributed by atoms with Gasteiger partial charge in [0, 0.05) is 4.90 Å². The first-order chi connectivity index (χ1) is 12.0. The zero-order chi connectivity index (χ0) is 19.4. The summed E-state index contributed by atoms with van der Waals surface area (Å²) in [4.78, 5) is 13.2. The normalized spacial score (nSPS) is 11.8. The predicted octanol–water partition coefficient (Wildman–Crippen LogP) is 4.09. The summed E-state index contributed by atoms with van der Waals surface area (Å²) in [5.41, 5.74) is 2.12. The number of sulfonamides is 1. The zero-order valence-electron chi connectivity index (χ0n) is 15.4. The fraction of sp³-hybridized carbons (Fsp3) is 0.316. The highest BCUT2D eigenvalue weighted by Crippen LogP contribution is 2.26. The highest BCUT2D eigenvalue weighted by atomic mass is 32.2. The maximum Gasteiger partial charge on any atom is 0.234 e. The molecule has 0 aliphatic rings. The lowest BCUT2D eigenvalue weighted by atomic mass is 9.87. The van der Waals surface area contributed by atoms with Gasteiger partial charge in [-0.15, -0.1) is 11.8 Å². The van der Waals surface area contributed by atoms with Gasteiger partial charge in [0.2, 0.25) is 15.9 Å². The molecule has 0 bridgehead atoms. The number of carbonyl (C=O) groups excluding carboxylic acids is 1. The first-order valence-electron chi connectivity index (χ1n) is 8.14. The quantitative estimate of drug-likeness (QED) is 0.726. The number of benzene rings is 2. The van der Waals surface area contributed by atoms with Crippen molar-refractivity contribution in [3.05, 3.63) is 54.1 Å². The van der Waals surface area contributed by atoms with Crippen molar-refractivity contribution >= 4 is 39.1 Å². The van der Waals surface area contributed by atoms with Gasteiger partial charge in [-0.2, -0.15) is 0 Å². The minimum atomic E-state index is -3.41. The third-order valence-corrected chi connectivity index (χ3v) is 5.19. The molecule has 0 unspecified atom stereocenters. The lowest BCUT2D eigenvalue weighted by Gasteiger charge is -2.19. The van der Waals surface area contributed by atoms with Gasteiger partial charge in [0.05, 0.1) is 23.4 Å². The van der Waals surface area contributed by atoms with Crippen LogP contribution in [0.5, 0.6) is 0 Å². The molecule has 140 valence electrons. The molecule has 0 radical (unpaired) electrons. The summed E-state index contributed by atoms with van der Waals surface area (Å²) in [6, 6.07) is 14.9. The molecule has 26 heavy (non-hydrogen) atoms. The van der Waals surface area contributed by atoms with Crippen molar-refractivity contribution in [2.45, 2.75) is 31.1 Å². The largest absolute Gasteiger partial charge is 0.324 e. The van der Waals surface area contributed by atoms with Gasteiger partial charge in [-0.25, -0.2) is 8.42 Å². The van der Waals surface area contributed by atoms with Crippen molar-refractivity contribution in [3.63, 3.8) is 0 Å². The van der Waals surface area contributed by atoms with E-state index in [1.165, 1.54) is 17.3 Å². The Morgan fingerprint density at radius 2 is 1.58 bits per heavy atom. The molecule has 2 N–H and O–H groups in total. The van der Waals surface area contributed by atoms with Crippen LogP contribution in [0.4, 0.5) is 11.4 Å². The Morgan fingerprint density at radius 3 is 2.12 bits per heavy atom. The second-order valence-corrected chi connectivity index (χ2v) is 9.83. The van der Waals surface area contributed by atoms with Gasteiger partial charge < -0.3 is 5.32 Å². The predicted molar refractivity (Wildman–Crippen MR) is 109 cm³/mol. The average molecular weight is 393 g/mol. The van der Waals surface area contributed by atoms with Gasteiger partial charge in [0.25, 0.3) is 0 Å². The number of hydrogen-bond acceptors (Lipinski definition) is 4. The minimum absolute atomic E-state index is 0.0941. The van der Waals surface area contributed by atoms with Crippen molar-refractivity contribution in [2.24, 2.45) is 0 Å². The Morgan fingerprint density at radius 1 is 1.00 bits per heavy atom. The molecule has 0 heterocycles. The highest BCUT2D eigenvalue weighted by molar-refractivity contribution is 8.00. The van der Waals surface area contributed by atoms with Crippen molar-refractivity contribution in [2.75, 3.05) is 22.0 Å². The van der Waals surface area contributed by atoms with Crippen LogP contribution in [0.15, 0.2) is 53.4 Å². The third-order valence-electron chi connectivity index (χ3n) is 3.59. The van der Waals surface area contributed by atoms with E-state index in [4.69, 9.17) is 0 Å². The van der Waals surface area contributed by atoms with Crippen LogP contribution >= 0.6 is 11.8 Å². The van der Waals surface area contributed by atoms with E-state index in [0.29, 0.717) is 11.4 Å². The molecule has 0 atom stereocenters.